The van der Waals surface area contributed by atoms with E-state index in [1.54, 1.807) is 12.1 Å². The molecule has 0 amide bonds. The summed E-state index contributed by atoms with van der Waals surface area (Å²) in [7, 11) is -1.94. The van der Waals surface area contributed by atoms with E-state index in [1.807, 2.05) is 13.1 Å². The lowest BCUT2D eigenvalue weighted by atomic mass is 10.0. The third-order valence-electron chi connectivity index (χ3n) is 4.83. The second-order valence-corrected chi connectivity index (χ2v) is 8.83. The van der Waals surface area contributed by atoms with Crippen LogP contribution in [0.4, 0.5) is 13.2 Å². The van der Waals surface area contributed by atoms with Crippen molar-refractivity contribution in [2.45, 2.75) is 23.9 Å². The zero-order chi connectivity index (χ0) is 22.6. The minimum atomic E-state index is -4.46. The van der Waals surface area contributed by atoms with Crippen LogP contribution in [0.1, 0.15) is 29.5 Å². The molecule has 0 aliphatic carbocycles. The quantitative estimate of drug-likeness (QED) is 0.415. The van der Waals surface area contributed by atoms with Crippen LogP contribution >= 0.6 is 0 Å². The van der Waals surface area contributed by atoms with Crippen LogP contribution < -0.4 is 4.74 Å². The molecular weight excluding hydrogens is 429 g/mol. The van der Waals surface area contributed by atoms with Gasteiger partial charge in [-0.25, -0.2) is 0 Å². The minimum absolute atomic E-state index is 0.00869. The van der Waals surface area contributed by atoms with Gasteiger partial charge in [-0.1, -0.05) is 18.2 Å². The van der Waals surface area contributed by atoms with Crippen molar-refractivity contribution in [3.63, 3.8) is 0 Å². The summed E-state index contributed by atoms with van der Waals surface area (Å²) in [5, 5.41) is 0. The van der Waals surface area contributed by atoms with E-state index in [0.717, 1.165) is 38.1 Å². The Morgan fingerprint density at radius 1 is 1.13 bits per heavy atom. The van der Waals surface area contributed by atoms with E-state index in [2.05, 4.69) is 15.9 Å². The average Bonchev–Trinajstić information content (AvgIpc) is 2.98. The molecule has 0 radical (unpaired) electrons. The van der Waals surface area contributed by atoms with Crippen molar-refractivity contribution in [1.29, 1.82) is 0 Å². The van der Waals surface area contributed by atoms with Gasteiger partial charge in [-0.05, 0) is 50.7 Å². The van der Waals surface area contributed by atoms with E-state index in [-0.39, 0.29) is 10.6 Å². The van der Waals surface area contributed by atoms with Gasteiger partial charge in [0.15, 0.2) is 0 Å². The SMILES string of the molecule is C=CCN(C)CCCCOc1ccc2c(c1)S(=O)(=O)N=C2c1ccc(C(F)(F)F)cc1. The van der Waals surface area contributed by atoms with Gasteiger partial charge in [0.05, 0.1) is 17.9 Å². The average molecular weight is 452 g/mol. The van der Waals surface area contributed by atoms with Crippen molar-refractivity contribution in [2.75, 3.05) is 26.7 Å². The summed E-state index contributed by atoms with van der Waals surface area (Å²) in [6.07, 6.45) is -0.900. The standard InChI is InChI=1S/C22H23F3N2O3S/c1-3-12-27(2)13-4-5-14-30-18-10-11-19-20(15-18)31(28,29)26-21(19)16-6-8-17(9-7-16)22(23,24)25/h3,6-11,15H,1,4-5,12-14H2,2H3. The summed E-state index contributed by atoms with van der Waals surface area (Å²) in [6, 6.07) is 8.89. The first kappa shape index (κ1) is 23.0. The Morgan fingerprint density at radius 3 is 2.48 bits per heavy atom. The largest absolute Gasteiger partial charge is 0.494 e. The predicted octanol–water partition coefficient (Wildman–Crippen LogP) is 4.52. The number of halogens is 3. The molecule has 166 valence electrons. The van der Waals surface area contributed by atoms with Crippen LogP contribution in [0.2, 0.25) is 0 Å². The smallest absolute Gasteiger partial charge is 0.416 e. The maximum absolute atomic E-state index is 12.8. The topological polar surface area (TPSA) is 59.0 Å². The fourth-order valence-electron chi connectivity index (χ4n) is 3.23. The van der Waals surface area contributed by atoms with Gasteiger partial charge in [0.25, 0.3) is 10.0 Å². The van der Waals surface area contributed by atoms with Gasteiger partial charge in [-0.2, -0.15) is 26.0 Å². The number of alkyl halides is 3. The van der Waals surface area contributed by atoms with Gasteiger partial charge in [-0.15, -0.1) is 6.58 Å². The lowest BCUT2D eigenvalue weighted by Gasteiger charge is -2.14. The second kappa shape index (κ2) is 9.23. The summed E-state index contributed by atoms with van der Waals surface area (Å²) < 4.78 is 72.8. The second-order valence-electron chi connectivity index (χ2n) is 7.25. The Bertz CT molecular complexity index is 1080. The Hall–Kier alpha value is -2.65. The first-order chi connectivity index (χ1) is 14.6. The molecule has 2 aromatic carbocycles. The van der Waals surface area contributed by atoms with Crippen LogP contribution in [0, 0.1) is 0 Å². The molecule has 0 saturated heterocycles. The molecule has 3 rings (SSSR count). The van der Waals surface area contributed by atoms with Gasteiger partial charge >= 0.3 is 6.18 Å². The maximum Gasteiger partial charge on any atom is 0.416 e. The summed E-state index contributed by atoms with van der Waals surface area (Å²) >= 11 is 0. The maximum atomic E-state index is 12.8. The third-order valence-corrected chi connectivity index (χ3v) is 6.14. The lowest BCUT2D eigenvalue weighted by Crippen LogP contribution is -2.19. The van der Waals surface area contributed by atoms with Crippen molar-refractivity contribution in [3.8, 4) is 5.75 Å². The lowest BCUT2D eigenvalue weighted by molar-refractivity contribution is -0.137. The van der Waals surface area contributed by atoms with Gasteiger partial charge in [0.2, 0.25) is 0 Å². The Balaban J connectivity index is 1.70. The molecule has 1 aliphatic heterocycles. The van der Waals surface area contributed by atoms with Crippen molar-refractivity contribution in [3.05, 3.63) is 71.8 Å². The van der Waals surface area contributed by atoms with Crippen molar-refractivity contribution >= 4 is 15.7 Å². The zero-order valence-electron chi connectivity index (χ0n) is 17.0. The fourth-order valence-corrected chi connectivity index (χ4v) is 4.48. The van der Waals surface area contributed by atoms with E-state index in [1.165, 1.54) is 18.2 Å². The number of fused-ring (bicyclic) bond motifs is 1. The molecule has 0 saturated carbocycles. The number of benzene rings is 2. The normalized spacial score (nSPS) is 14.9. The highest BCUT2D eigenvalue weighted by Gasteiger charge is 2.32. The highest BCUT2D eigenvalue weighted by molar-refractivity contribution is 7.90. The van der Waals surface area contributed by atoms with Crippen LogP contribution in [-0.2, 0) is 16.2 Å². The van der Waals surface area contributed by atoms with Gasteiger partial charge in [0.1, 0.15) is 10.6 Å². The number of nitrogens with zero attached hydrogens (tertiary/aromatic N) is 2. The molecule has 0 fully saturated rings. The molecule has 2 aromatic rings. The van der Waals surface area contributed by atoms with E-state index < -0.39 is 21.8 Å². The van der Waals surface area contributed by atoms with Gasteiger partial charge in [-0.3, -0.25) is 0 Å². The molecule has 0 unspecified atom stereocenters. The summed E-state index contributed by atoms with van der Waals surface area (Å²) in [5.74, 6) is 0.408. The van der Waals surface area contributed by atoms with Crippen molar-refractivity contribution in [1.82, 2.24) is 4.90 Å². The number of hydrogen-bond acceptors (Lipinski definition) is 4. The number of ether oxygens (including phenoxy) is 1. The third kappa shape index (κ3) is 5.54. The molecule has 31 heavy (non-hydrogen) atoms. The van der Waals surface area contributed by atoms with Crippen molar-refractivity contribution < 1.29 is 26.3 Å². The molecule has 0 atom stereocenters. The number of sulfonamides is 1. The predicted molar refractivity (Wildman–Crippen MR) is 113 cm³/mol. The number of unbranched alkanes of at least 4 members (excludes halogenated alkanes) is 1. The van der Waals surface area contributed by atoms with Crippen LogP contribution in [0.5, 0.6) is 5.75 Å². The van der Waals surface area contributed by atoms with E-state index in [9.17, 15) is 21.6 Å². The molecule has 0 N–H and O–H groups in total. The number of likely N-dealkylation sites (N-methyl/N-ethyl adjacent to an activating group) is 1. The van der Waals surface area contributed by atoms with E-state index in [4.69, 9.17) is 4.74 Å². The highest BCUT2D eigenvalue weighted by atomic mass is 32.2. The minimum Gasteiger partial charge on any atom is -0.494 e. The Morgan fingerprint density at radius 2 is 1.84 bits per heavy atom. The van der Waals surface area contributed by atoms with Crippen LogP contribution in [-0.4, -0.2) is 45.8 Å². The summed E-state index contributed by atoms with van der Waals surface area (Å²) in [4.78, 5) is 2.13. The van der Waals surface area contributed by atoms with Crippen LogP contribution in [0.15, 0.2) is 64.4 Å². The molecule has 0 aromatic heterocycles. The molecule has 0 bridgehead atoms. The van der Waals surface area contributed by atoms with Gasteiger partial charge < -0.3 is 9.64 Å². The summed E-state index contributed by atoms with van der Waals surface area (Å²) in [6.45, 7) is 5.84. The van der Waals surface area contributed by atoms with E-state index >= 15 is 0 Å². The van der Waals surface area contributed by atoms with Gasteiger partial charge in [0, 0.05) is 23.7 Å². The highest BCUT2D eigenvalue weighted by Crippen LogP contribution is 2.34. The van der Waals surface area contributed by atoms with Crippen molar-refractivity contribution in [2.24, 2.45) is 4.40 Å². The van der Waals surface area contributed by atoms with Crippen LogP contribution in [0.25, 0.3) is 0 Å². The first-order valence-electron chi connectivity index (χ1n) is 9.71. The number of rotatable bonds is 9. The van der Waals surface area contributed by atoms with Crippen LogP contribution in [0.3, 0.4) is 0 Å². The fraction of sp³-hybridized carbons (Fsp3) is 0.318. The molecule has 1 heterocycles. The molecule has 1 aliphatic rings. The Labute approximate surface area is 179 Å². The molecular formula is C22H23F3N2O3S. The monoisotopic (exact) mass is 452 g/mol. The number of hydrogen-bond donors (Lipinski definition) is 0. The van der Waals surface area contributed by atoms with E-state index in [0.29, 0.717) is 23.5 Å². The molecule has 0 spiro atoms. The zero-order valence-corrected chi connectivity index (χ0v) is 17.8. The Kier molecular flexibility index (Phi) is 6.86. The summed E-state index contributed by atoms with van der Waals surface area (Å²) in [5.41, 5.74) is -0.0383. The molecule has 5 nitrogen and oxygen atoms in total. The molecule has 9 heteroatoms. The first-order valence-corrected chi connectivity index (χ1v) is 11.1.